The van der Waals surface area contributed by atoms with Crippen LogP contribution in [-0.4, -0.2) is 23.8 Å². The number of esters is 1. The standard InChI is InChI=1S/C24H26FNO4/c1-2-22(24(29)26-20-11-9-19(25)10-12-20)30-23(28)14-13-21(27)18-8-7-16-5-3-4-6-17(16)15-18/h7-12,15,22H,2-6,13-14H2,1H3,(H,26,29). The van der Waals surface area contributed by atoms with Crippen molar-refractivity contribution in [3.63, 3.8) is 0 Å². The monoisotopic (exact) mass is 411 g/mol. The summed E-state index contributed by atoms with van der Waals surface area (Å²) in [5.41, 5.74) is 3.55. The van der Waals surface area contributed by atoms with Gasteiger partial charge in [0.1, 0.15) is 5.82 Å². The number of amides is 1. The lowest BCUT2D eigenvalue weighted by Gasteiger charge is -2.17. The maximum Gasteiger partial charge on any atom is 0.307 e. The molecule has 1 unspecified atom stereocenters. The molecular weight excluding hydrogens is 385 g/mol. The average Bonchev–Trinajstić information content (AvgIpc) is 2.76. The molecule has 6 heteroatoms. The number of carbonyl (C=O) groups is 3. The molecule has 1 atom stereocenters. The number of nitrogens with one attached hydrogen (secondary N) is 1. The summed E-state index contributed by atoms with van der Waals surface area (Å²) in [4.78, 5) is 37.0. The number of Topliss-reactive ketones (excluding diaryl/α,β-unsaturated/α-hetero) is 1. The van der Waals surface area contributed by atoms with Crippen molar-refractivity contribution >= 4 is 23.3 Å². The predicted octanol–water partition coefficient (Wildman–Crippen LogP) is 4.63. The van der Waals surface area contributed by atoms with Crippen molar-refractivity contribution in [2.75, 3.05) is 5.32 Å². The number of halogens is 1. The largest absolute Gasteiger partial charge is 0.452 e. The first-order chi connectivity index (χ1) is 14.5. The third-order valence-corrected chi connectivity index (χ3v) is 5.28. The van der Waals surface area contributed by atoms with E-state index in [-0.39, 0.29) is 25.0 Å². The van der Waals surface area contributed by atoms with E-state index in [9.17, 15) is 18.8 Å². The second-order valence-electron chi connectivity index (χ2n) is 7.50. The summed E-state index contributed by atoms with van der Waals surface area (Å²) >= 11 is 0. The highest BCUT2D eigenvalue weighted by Gasteiger charge is 2.22. The van der Waals surface area contributed by atoms with Gasteiger partial charge in [-0.3, -0.25) is 14.4 Å². The molecule has 0 radical (unpaired) electrons. The Balaban J connectivity index is 1.50. The third kappa shape index (κ3) is 5.75. The van der Waals surface area contributed by atoms with E-state index in [1.165, 1.54) is 41.8 Å². The summed E-state index contributed by atoms with van der Waals surface area (Å²) in [5.74, 6) is -1.60. The van der Waals surface area contributed by atoms with Crippen molar-refractivity contribution in [1.82, 2.24) is 0 Å². The Morgan fingerprint density at radius 3 is 2.40 bits per heavy atom. The lowest BCUT2D eigenvalue weighted by Crippen LogP contribution is -2.32. The number of fused-ring (bicyclic) bond motifs is 1. The van der Waals surface area contributed by atoms with E-state index < -0.39 is 23.8 Å². The molecule has 0 saturated carbocycles. The molecule has 0 aromatic heterocycles. The van der Waals surface area contributed by atoms with Crippen molar-refractivity contribution in [1.29, 1.82) is 0 Å². The van der Waals surface area contributed by atoms with Crippen LogP contribution in [0.2, 0.25) is 0 Å². The Kier molecular flexibility index (Phi) is 7.33. The summed E-state index contributed by atoms with van der Waals surface area (Å²) < 4.78 is 18.2. The van der Waals surface area contributed by atoms with Crippen LogP contribution in [0.3, 0.4) is 0 Å². The molecule has 0 spiro atoms. The van der Waals surface area contributed by atoms with E-state index in [1.54, 1.807) is 6.92 Å². The maximum absolute atomic E-state index is 13.0. The summed E-state index contributed by atoms with van der Waals surface area (Å²) in [7, 11) is 0. The number of ether oxygens (including phenoxy) is 1. The minimum Gasteiger partial charge on any atom is -0.452 e. The van der Waals surface area contributed by atoms with Crippen LogP contribution in [0.15, 0.2) is 42.5 Å². The number of hydrogen-bond acceptors (Lipinski definition) is 4. The fourth-order valence-electron chi connectivity index (χ4n) is 3.56. The first kappa shape index (κ1) is 21.7. The zero-order valence-electron chi connectivity index (χ0n) is 17.1. The molecule has 0 aliphatic heterocycles. The number of hydrogen-bond donors (Lipinski definition) is 1. The van der Waals surface area contributed by atoms with Gasteiger partial charge in [-0.1, -0.05) is 19.1 Å². The van der Waals surface area contributed by atoms with E-state index in [1.807, 2.05) is 18.2 Å². The smallest absolute Gasteiger partial charge is 0.307 e. The Morgan fingerprint density at radius 2 is 1.70 bits per heavy atom. The topological polar surface area (TPSA) is 72.5 Å². The number of anilines is 1. The van der Waals surface area contributed by atoms with Gasteiger partial charge in [0.05, 0.1) is 6.42 Å². The highest BCUT2D eigenvalue weighted by Crippen LogP contribution is 2.23. The molecule has 0 saturated heterocycles. The van der Waals surface area contributed by atoms with Gasteiger partial charge < -0.3 is 10.1 Å². The van der Waals surface area contributed by atoms with E-state index >= 15 is 0 Å². The summed E-state index contributed by atoms with van der Waals surface area (Å²) in [6.45, 7) is 1.72. The summed E-state index contributed by atoms with van der Waals surface area (Å²) in [5, 5.41) is 2.60. The number of ketones is 1. The van der Waals surface area contributed by atoms with Gasteiger partial charge in [-0.2, -0.15) is 0 Å². The summed E-state index contributed by atoms with van der Waals surface area (Å²) in [6.07, 6.45) is 3.62. The normalized spacial score (nSPS) is 13.8. The van der Waals surface area contributed by atoms with Gasteiger partial charge in [0.2, 0.25) is 0 Å². The van der Waals surface area contributed by atoms with Crippen molar-refractivity contribution in [2.24, 2.45) is 0 Å². The molecule has 1 aliphatic rings. The van der Waals surface area contributed by atoms with E-state index in [4.69, 9.17) is 4.74 Å². The van der Waals surface area contributed by atoms with E-state index in [2.05, 4.69) is 5.32 Å². The molecule has 2 aromatic rings. The Labute approximate surface area is 175 Å². The lowest BCUT2D eigenvalue weighted by molar-refractivity contribution is -0.154. The minimum absolute atomic E-state index is 0.0354. The first-order valence-electron chi connectivity index (χ1n) is 10.4. The van der Waals surface area contributed by atoms with Crippen LogP contribution >= 0.6 is 0 Å². The van der Waals surface area contributed by atoms with Crippen molar-refractivity contribution in [2.45, 2.75) is 58.0 Å². The van der Waals surface area contributed by atoms with Crippen LogP contribution in [0, 0.1) is 5.82 Å². The van der Waals surface area contributed by atoms with Crippen molar-refractivity contribution in [3.05, 3.63) is 65.0 Å². The quantitative estimate of drug-likeness (QED) is 0.508. The highest BCUT2D eigenvalue weighted by molar-refractivity contribution is 5.98. The second-order valence-corrected chi connectivity index (χ2v) is 7.50. The van der Waals surface area contributed by atoms with Crippen LogP contribution in [-0.2, 0) is 27.2 Å². The molecular formula is C24H26FNO4. The molecule has 0 heterocycles. The molecule has 0 fully saturated rings. The Bertz CT molecular complexity index is 923. The zero-order chi connectivity index (χ0) is 21.5. The van der Waals surface area contributed by atoms with Crippen molar-refractivity contribution in [3.8, 4) is 0 Å². The first-order valence-corrected chi connectivity index (χ1v) is 10.4. The molecule has 2 aromatic carbocycles. The van der Waals surface area contributed by atoms with Gasteiger partial charge in [-0.15, -0.1) is 0 Å². The number of carbonyl (C=O) groups excluding carboxylic acids is 3. The molecule has 5 nitrogen and oxygen atoms in total. The fraction of sp³-hybridized carbons (Fsp3) is 0.375. The second kappa shape index (κ2) is 10.1. The zero-order valence-corrected chi connectivity index (χ0v) is 17.1. The Hall–Kier alpha value is -3.02. The van der Waals surface area contributed by atoms with Crippen LogP contribution in [0.1, 0.15) is 60.5 Å². The molecule has 0 bridgehead atoms. The molecule has 1 amide bonds. The average molecular weight is 411 g/mol. The molecule has 1 N–H and O–H groups in total. The predicted molar refractivity (Wildman–Crippen MR) is 112 cm³/mol. The van der Waals surface area contributed by atoms with E-state index in [0.717, 1.165) is 19.3 Å². The highest BCUT2D eigenvalue weighted by atomic mass is 19.1. The van der Waals surface area contributed by atoms with E-state index in [0.29, 0.717) is 11.3 Å². The molecule has 30 heavy (non-hydrogen) atoms. The van der Waals surface area contributed by atoms with Gasteiger partial charge >= 0.3 is 5.97 Å². The van der Waals surface area contributed by atoms with Crippen LogP contribution < -0.4 is 5.32 Å². The molecule has 1 aliphatic carbocycles. The van der Waals surface area contributed by atoms with Gasteiger partial charge in [0, 0.05) is 17.7 Å². The fourth-order valence-corrected chi connectivity index (χ4v) is 3.56. The van der Waals surface area contributed by atoms with Crippen molar-refractivity contribution < 1.29 is 23.5 Å². The molecule has 158 valence electrons. The molecule has 3 rings (SSSR count). The van der Waals surface area contributed by atoms with Gasteiger partial charge in [0.15, 0.2) is 11.9 Å². The number of benzene rings is 2. The lowest BCUT2D eigenvalue weighted by atomic mass is 9.89. The Morgan fingerprint density at radius 1 is 1.00 bits per heavy atom. The number of aryl methyl sites for hydroxylation is 2. The van der Waals surface area contributed by atoms with Gasteiger partial charge in [-0.05, 0) is 73.6 Å². The third-order valence-electron chi connectivity index (χ3n) is 5.28. The van der Waals surface area contributed by atoms with Crippen LogP contribution in [0.5, 0.6) is 0 Å². The van der Waals surface area contributed by atoms with Crippen LogP contribution in [0.4, 0.5) is 10.1 Å². The SMILES string of the molecule is CCC(OC(=O)CCC(=O)c1ccc2c(c1)CCCC2)C(=O)Nc1ccc(F)cc1. The maximum atomic E-state index is 13.0. The van der Waals surface area contributed by atoms with Crippen LogP contribution in [0.25, 0.3) is 0 Å². The minimum atomic E-state index is -0.971. The van der Waals surface area contributed by atoms with Gasteiger partial charge in [-0.25, -0.2) is 4.39 Å². The summed E-state index contributed by atoms with van der Waals surface area (Å²) in [6, 6.07) is 11.1. The van der Waals surface area contributed by atoms with Gasteiger partial charge in [0.25, 0.3) is 5.91 Å². The number of rotatable bonds is 8.